The largest absolute Gasteiger partial charge is 0.313 e. The minimum atomic E-state index is 0.522. The zero-order valence-corrected chi connectivity index (χ0v) is 14.8. The maximum Gasteiger partial charge on any atom is 0.0204 e. The van der Waals surface area contributed by atoms with Crippen molar-refractivity contribution in [1.29, 1.82) is 0 Å². The van der Waals surface area contributed by atoms with E-state index in [1.165, 1.54) is 31.4 Å². The Hall–Kier alpha value is 0.310. The molecule has 0 heterocycles. The molecular weight excluding hydrogens is 250 g/mol. The maximum atomic E-state index is 3.73. The van der Waals surface area contributed by atoms with Crippen molar-refractivity contribution in [2.75, 3.05) is 12.3 Å². The highest BCUT2D eigenvalue weighted by Crippen LogP contribution is 2.43. The van der Waals surface area contributed by atoms with E-state index in [0.717, 1.165) is 29.7 Å². The highest BCUT2D eigenvalue weighted by molar-refractivity contribution is 7.99. The van der Waals surface area contributed by atoms with Crippen LogP contribution >= 0.6 is 11.8 Å². The van der Waals surface area contributed by atoms with Crippen molar-refractivity contribution < 1.29 is 0 Å². The van der Waals surface area contributed by atoms with Crippen LogP contribution in [0.3, 0.4) is 0 Å². The average Bonchev–Trinajstić information content (AvgIpc) is 2.37. The van der Waals surface area contributed by atoms with Gasteiger partial charge in [-0.1, -0.05) is 48.0 Å². The van der Waals surface area contributed by atoms with Crippen molar-refractivity contribution in [3.8, 4) is 0 Å². The molecule has 0 saturated heterocycles. The van der Waals surface area contributed by atoms with Crippen LogP contribution in [0.2, 0.25) is 0 Å². The van der Waals surface area contributed by atoms with E-state index in [1.54, 1.807) is 0 Å². The molecule has 1 nitrogen and oxygen atoms in total. The quantitative estimate of drug-likeness (QED) is 0.709. The van der Waals surface area contributed by atoms with E-state index in [9.17, 15) is 0 Å². The van der Waals surface area contributed by atoms with Crippen LogP contribution in [0.15, 0.2) is 0 Å². The molecular formula is C17H35NS. The molecule has 1 N–H and O–H groups in total. The fraction of sp³-hybridized carbons (Fsp3) is 1.00. The second-order valence-corrected chi connectivity index (χ2v) is 8.55. The first-order valence-corrected chi connectivity index (χ1v) is 9.30. The van der Waals surface area contributed by atoms with Gasteiger partial charge in [-0.3, -0.25) is 0 Å². The third-order valence-corrected chi connectivity index (χ3v) is 6.73. The Morgan fingerprint density at radius 3 is 2.42 bits per heavy atom. The van der Waals surface area contributed by atoms with Crippen molar-refractivity contribution in [1.82, 2.24) is 5.32 Å². The smallest absolute Gasteiger partial charge is 0.0204 e. The van der Waals surface area contributed by atoms with Crippen molar-refractivity contribution >= 4 is 11.8 Å². The number of hydrogen-bond acceptors (Lipinski definition) is 2. The second-order valence-electron chi connectivity index (χ2n) is 7.28. The molecule has 3 unspecified atom stereocenters. The first kappa shape index (κ1) is 17.4. The maximum absolute atomic E-state index is 3.73. The molecule has 0 aromatic heterocycles. The average molecular weight is 286 g/mol. The third kappa shape index (κ3) is 5.30. The van der Waals surface area contributed by atoms with Crippen LogP contribution in [0, 0.1) is 17.3 Å². The summed E-state index contributed by atoms with van der Waals surface area (Å²) in [6.45, 7) is 15.3. The predicted molar refractivity (Wildman–Crippen MR) is 90.0 cm³/mol. The summed E-state index contributed by atoms with van der Waals surface area (Å²) >= 11 is 2.22. The van der Waals surface area contributed by atoms with Gasteiger partial charge in [0.05, 0.1) is 0 Å². The van der Waals surface area contributed by atoms with Gasteiger partial charge < -0.3 is 5.32 Å². The van der Waals surface area contributed by atoms with Gasteiger partial charge in [0.1, 0.15) is 0 Å². The zero-order chi connectivity index (χ0) is 14.5. The van der Waals surface area contributed by atoms with Gasteiger partial charge in [0.15, 0.2) is 0 Å². The summed E-state index contributed by atoms with van der Waals surface area (Å²) in [4.78, 5) is 0. The molecule has 1 rings (SSSR count). The van der Waals surface area contributed by atoms with Gasteiger partial charge in [-0.15, -0.1) is 0 Å². The van der Waals surface area contributed by atoms with Gasteiger partial charge >= 0.3 is 0 Å². The monoisotopic (exact) mass is 285 g/mol. The molecule has 0 aromatic carbocycles. The van der Waals surface area contributed by atoms with Gasteiger partial charge in [-0.2, -0.15) is 11.8 Å². The molecule has 1 aliphatic carbocycles. The Morgan fingerprint density at radius 2 is 1.89 bits per heavy atom. The van der Waals surface area contributed by atoms with Gasteiger partial charge in [0, 0.05) is 11.3 Å². The van der Waals surface area contributed by atoms with E-state index in [1.807, 2.05) is 0 Å². The molecule has 0 amide bonds. The van der Waals surface area contributed by atoms with E-state index < -0.39 is 0 Å². The van der Waals surface area contributed by atoms with Crippen molar-refractivity contribution in [3.63, 3.8) is 0 Å². The van der Waals surface area contributed by atoms with Gasteiger partial charge in [-0.25, -0.2) is 0 Å². The highest BCUT2D eigenvalue weighted by Gasteiger charge is 2.37. The molecule has 1 fully saturated rings. The molecule has 1 saturated carbocycles. The molecule has 0 spiro atoms. The fourth-order valence-corrected chi connectivity index (χ4v) is 4.59. The minimum Gasteiger partial charge on any atom is -0.313 e. The van der Waals surface area contributed by atoms with Crippen LogP contribution in [0.1, 0.15) is 67.2 Å². The molecule has 19 heavy (non-hydrogen) atoms. The summed E-state index contributed by atoms with van der Waals surface area (Å²) in [5.41, 5.74) is 0.522. The lowest BCUT2D eigenvalue weighted by atomic mass is 9.68. The highest BCUT2D eigenvalue weighted by atomic mass is 32.2. The van der Waals surface area contributed by atoms with Crippen LogP contribution < -0.4 is 5.32 Å². The summed E-state index contributed by atoms with van der Waals surface area (Å²) in [6, 6.07) is 0.748. The molecule has 3 atom stereocenters. The van der Waals surface area contributed by atoms with Gasteiger partial charge in [-0.05, 0) is 48.8 Å². The van der Waals surface area contributed by atoms with Crippen molar-refractivity contribution in [3.05, 3.63) is 0 Å². The number of nitrogens with one attached hydrogen (secondary N) is 1. The number of thioether (sulfide) groups is 1. The molecule has 0 aliphatic heterocycles. The van der Waals surface area contributed by atoms with Crippen molar-refractivity contribution in [2.45, 2.75) is 78.5 Å². The zero-order valence-electron chi connectivity index (χ0n) is 14.0. The Labute approximate surface area is 125 Å². The molecule has 0 bridgehead atoms. The molecule has 0 radical (unpaired) electrons. The van der Waals surface area contributed by atoms with Crippen LogP contribution in [0.25, 0.3) is 0 Å². The number of hydrogen-bond donors (Lipinski definition) is 1. The summed E-state index contributed by atoms with van der Waals surface area (Å²) in [5, 5.41) is 4.55. The normalized spacial score (nSPS) is 28.9. The van der Waals surface area contributed by atoms with E-state index in [0.29, 0.717) is 5.41 Å². The van der Waals surface area contributed by atoms with E-state index in [-0.39, 0.29) is 0 Å². The van der Waals surface area contributed by atoms with Gasteiger partial charge in [0.2, 0.25) is 0 Å². The summed E-state index contributed by atoms with van der Waals surface area (Å²) in [7, 11) is 0. The Kier molecular flexibility index (Phi) is 7.24. The van der Waals surface area contributed by atoms with Crippen LogP contribution in [-0.4, -0.2) is 23.6 Å². The predicted octanol–water partition coefficient (Wildman–Crippen LogP) is 4.96. The molecule has 2 heteroatoms. The SMILES string of the molecule is CCNC1CCC(C(C)(C)CC)CC1SCC(C)C. The van der Waals surface area contributed by atoms with E-state index in [2.05, 4.69) is 58.6 Å². The molecule has 0 aromatic rings. The first-order chi connectivity index (χ1) is 8.90. The van der Waals surface area contributed by atoms with E-state index in [4.69, 9.17) is 0 Å². The van der Waals surface area contributed by atoms with Crippen LogP contribution in [0.4, 0.5) is 0 Å². The second kappa shape index (κ2) is 7.93. The van der Waals surface area contributed by atoms with Crippen LogP contribution in [-0.2, 0) is 0 Å². The number of rotatable bonds is 7. The molecule has 114 valence electrons. The van der Waals surface area contributed by atoms with Crippen LogP contribution in [0.5, 0.6) is 0 Å². The summed E-state index contributed by atoms with van der Waals surface area (Å²) in [6.07, 6.45) is 5.51. The van der Waals surface area contributed by atoms with Gasteiger partial charge in [0.25, 0.3) is 0 Å². The third-order valence-electron chi connectivity index (χ3n) is 4.92. The topological polar surface area (TPSA) is 12.0 Å². The lowest BCUT2D eigenvalue weighted by Gasteiger charge is -2.43. The molecule has 1 aliphatic rings. The minimum absolute atomic E-state index is 0.522. The lowest BCUT2D eigenvalue weighted by Crippen LogP contribution is -2.45. The van der Waals surface area contributed by atoms with Crippen molar-refractivity contribution in [2.24, 2.45) is 17.3 Å². The fourth-order valence-electron chi connectivity index (χ4n) is 3.12. The first-order valence-electron chi connectivity index (χ1n) is 8.25. The Bertz CT molecular complexity index is 250. The summed E-state index contributed by atoms with van der Waals surface area (Å²) < 4.78 is 0. The lowest BCUT2D eigenvalue weighted by molar-refractivity contribution is 0.141. The Balaban J connectivity index is 2.62. The standard InChI is InChI=1S/C17H35NS/c1-7-17(5,6)14-9-10-15(18-8-2)16(11-14)19-12-13(3)4/h13-16,18H,7-12H2,1-6H3. The summed E-state index contributed by atoms with van der Waals surface area (Å²) in [5.74, 6) is 3.04. The Morgan fingerprint density at radius 1 is 1.21 bits per heavy atom. The van der Waals surface area contributed by atoms with E-state index >= 15 is 0 Å².